The van der Waals surface area contributed by atoms with Gasteiger partial charge in [-0.25, -0.2) is 0 Å². The summed E-state index contributed by atoms with van der Waals surface area (Å²) in [5, 5.41) is 2.76. The maximum absolute atomic E-state index is 12.3. The molecule has 2 rings (SSSR count). The SMILES string of the molecule is CCn1cccc1C(=O)N1CCNC(=O)CC1. The summed E-state index contributed by atoms with van der Waals surface area (Å²) >= 11 is 0. The standard InChI is InChI=1S/C12H17N3O2/c1-2-14-7-3-4-10(14)12(17)15-8-5-11(16)13-6-9-15/h3-4,7H,2,5-6,8-9H2,1H3,(H,13,16). The van der Waals surface area contributed by atoms with Gasteiger partial charge in [0.1, 0.15) is 5.69 Å². The van der Waals surface area contributed by atoms with Crippen molar-refractivity contribution in [2.75, 3.05) is 19.6 Å². The summed E-state index contributed by atoms with van der Waals surface area (Å²) in [6.45, 7) is 4.40. The van der Waals surface area contributed by atoms with Gasteiger partial charge in [-0.3, -0.25) is 9.59 Å². The number of carbonyl (C=O) groups excluding carboxylic acids is 2. The highest BCUT2D eigenvalue weighted by atomic mass is 16.2. The molecular weight excluding hydrogens is 218 g/mol. The maximum atomic E-state index is 12.3. The first-order valence-corrected chi connectivity index (χ1v) is 5.93. The van der Waals surface area contributed by atoms with E-state index in [9.17, 15) is 9.59 Å². The normalized spacial score (nSPS) is 16.5. The van der Waals surface area contributed by atoms with E-state index in [-0.39, 0.29) is 11.8 Å². The van der Waals surface area contributed by atoms with Gasteiger partial charge in [-0.15, -0.1) is 0 Å². The van der Waals surface area contributed by atoms with Gasteiger partial charge in [0.2, 0.25) is 5.91 Å². The van der Waals surface area contributed by atoms with Gasteiger partial charge in [0.15, 0.2) is 0 Å². The minimum absolute atomic E-state index is 0.00773. The average molecular weight is 235 g/mol. The van der Waals surface area contributed by atoms with Crippen molar-refractivity contribution in [2.24, 2.45) is 0 Å². The van der Waals surface area contributed by atoms with E-state index in [0.717, 1.165) is 6.54 Å². The Hall–Kier alpha value is -1.78. The molecular formula is C12H17N3O2. The minimum Gasteiger partial charge on any atom is -0.354 e. The molecule has 0 bridgehead atoms. The Kier molecular flexibility index (Phi) is 3.46. The highest BCUT2D eigenvalue weighted by molar-refractivity contribution is 5.93. The van der Waals surface area contributed by atoms with Crippen molar-refractivity contribution in [3.05, 3.63) is 24.0 Å². The van der Waals surface area contributed by atoms with Gasteiger partial charge in [0.25, 0.3) is 5.91 Å². The zero-order valence-corrected chi connectivity index (χ0v) is 9.98. The molecule has 1 aromatic heterocycles. The van der Waals surface area contributed by atoms with Crippen LogP contribution in [0.4, 0.5) is 0 Å². The number of carbonyl (C=O) groups is 2. The van der Waals surface area contributed by atoms with Gasteiger partial charge in [0, 0.05) is 38.8 Å². The van der Waals surface area contributed by atoms with Gasteiger partial charge < -0.3 is 14.8 Å². The third-order valence-electron chi connectivity index (χ3n) is 2.99. The molecule has 5 nitrogen and oxygen atoms in total. The molecule has 0 saturated carbocycles. The number of hydrogen-bond donors (Lipinski definition) is 1. The molecule has 0 unspecified atom stereocenters. The zero-order chi connectivity index (χ0) is 12.3. The first kappa shape index (κ1) is 11.7. The van der Waals surface area contributed by atoms with Crippen LogP contribution in [0.5, 0.6) is 0 Å². The highest BCUT2D eigenvalue weighted by Crippen LogP contribution is 2.08. The van der Waals surface area contributed by atoms with Crippen LogP contribution < -0.4 is 5.32 Å². The molecule has 1 aliphatic rings. The molecule has 17 heavy (non-hydrogen) atoms. The first-order chi connectivity index (χ1) is 8.22. The van der Waals surface area contributed by atoms with Gasteiger partial charge in [-0.2, -0.15) is 0 Å². The lowest BCUT2D eigenvalue weighted by Crippen LogP contribution is -2.35. The van der Waals surface area contributed by atoms with E-state index in [1.54, 1.807) is 4.90 Å². The smallest absolute Gasteiger partial charge is 0.270 e. The van der Waals surface area contributed by atoms with Crippen molar-refractivity contribution in [3.63, 3.8) is 0 Å². The van der Waals surface area contributed by atoms with Crippen LogP contribution in [0.2, 0.25) is 0 Å². The summed E-state index contributed by atoms with van der Waals surface area (Å²) in [4.78, 5) is 25.2. The average Bonchev–Trinajstić information content (AvgIpc) is 2.70. The summed E-state index contributed by atoms with van der Waals surface area (Å²) in [7, 11) is 0. The number of aryl methyl sites for hydroxylation is 1. The van der Waals surface area contributed by atoms with Crippen LogP contribution in [0.1, 0.15) is 23.8 Å². The molecule has 2 amide bonds. The van der Waals surface area contributed by atoms with E-state index in [4.69, 9.17) is 0 Å². The Bertz CT molecular complexity index is 425. The van der Waals surface area contributed by atoms with Crippen LogP contribution in [0.15, 0.2) is 18.3 Å². The molecule has 1 fully saturated rings. The lowest BCUT2D eigenvalue weighted by molar-refractivity contribution is -0.120. The summed E-state index contributed by atoms with van der Waals surface area (Å²) in [5.41, 5.74) is 0.696. The van der Waals surface area contributed by atoms with Gasteiger partial charge in [0.05, 0.1) is 0 Å². The fourth-order valence-electron chi connectivity index (χ4n) is 2.02. The molecule has 92 valence electrons. The molecule has 1 saturated heterocycles. The summed E-state index contributed by atoms with van der Waals surface area (Å²) in [6, 6.07) is 3.70. The van der Waals surface area contributed by atoms with E-state index in [1.807, 2.05) is 29.8 Å². The van der Waals surface area contributed by atoms with Gasteiger partial charge in [-0.1, -0.05) is 0 Å². The van der Waals surface area contributed by atoms with Crippen molar-refractivity contribution >= 4 is 11.8 Å². The molecule has 0 aliphatic carbocycles. The Morgan fingerprint density at radius 1 is 1.47 bits per heavy atom. The van der Waals surface area contributed by atoms with E-state index in [1.165, 1.54) is 0 Å². The van der Waals surface area contributed by atoms with E-state index in [0.29, 0.717) is 31.7 Å². The largest absolute Gasteiger partial charge is 0.354 e. The maximum Gasteiger partial charge on any atom is 0.270 e. The van der Waals surface area contributed by atoms with Crippen molar-refractivity contribution in [3.8, 4) is 0 Å². The number of aromatic nitrogens is 1. The number of hydrogen-bond acceptors (Lipinski definition) is 2. The molecule has 1 aromatic rings. The summed E-state index contributed by atoms with van der Waals surface area (Å²) in [6.07, 6.45) is 2.28. The minimum atomic E-state index is 0.00773. The quantitative estimate of drug-likeness (QED) is 0.810. The fourth-order valence-corrected chi connectivity index (χ4v) is 2.02. The second kappa shape index (κ2) is 5.03. The Morgan fingerprint density at radius 2 is 2.29 bits per heavy atom. The Morgan fingerprint density at radius 3 is 3.06 bits per heavy atom. The van der Waals surface area contributed by atoms with Crippen LogP contribution in [-0.2, 0) is 11.3 Å². The molecule has 1 aliphatic heterocycles. The molecule has 5 heteroatoms. The van der Waals surface area contributed by atoms with Crippen LogP contribution in [-0.4, -0.2) is 40.9 Å². The van der Waals surface area contributed by atoms with E-state index in [2.05, 4.69) is 5.32 Å². The third kappa shape index (κ3) is 2.49. The zero-order valence-electron chi connectivity index (χ0n) is 9.98. The third-order valence-corrected chi connectivity index (χ3v) is 2.99. The van der Waals surface area contributed by atoms with Crippen LogP contribution in [0.25, 0.3) is 0 Å². The van der Waals surface area contributed by atoms with Crippen LogP contribution >= 0.6 is 0 Å². The van der Waals surface area contributed by atoms with Crippen molar-refractivity contribution in [2.45, 2.75) is 19.9 Å². The lowest BCUT2D eigenvalue weighted by atomic mass is 10.3. The first-order valence-electron chi connectivity index (χ1n) is 5.93. The predicted octanol–water partition coefficient (Wildman–Crippen LogP) is 0.470. The second-order valence-corrected chi connectivity index (χ2v) is 4.07. The fraction of sp³-hybridized carbons (Fsp3) is 0.500. The topological polar surface area (TPSA) is 54.3 Å². The summed E-state index contributed by atoms with van der Waals surface area (Å²) < 4.78 is 1.92. The monoisotopic (exact) mass is 235 g/mol. The molecule has 0 aromatic carbocycles. The van der Waals surface area contributed by atoms with Crippen molar-refractivity contribution in [1.82, 2.24) is 14.8 Å². The second-order valence-electron chi connectivity index (χ2n) is 4.07. The van der Waals surface area contributed by atoms with Crippen LogP contribution in [0.3, 0.4) is 0 Å². The lowest BCUT2D eigenvalue weighted by Gasteiger charge is -2.20. The molecule has 0 atom stereocenters. The highest BCUT2D eigenvalue weighted by Gasteiger charge is 2.21. The van der Waals surface area contributed by atoms with Crippen LogP contribution in [0, 0.1) is 0 Å². The number of nitrogens with one attached hydrogen (secondary N) is 1. The molecule has 2 heterocycles. The van der Waals surface area contributed by atoms with Gasteiger partial charge in [-0.05, 0) is 19.1 Å². The van der Waals surface area contributed by atoms with Crippen molar-refractivity contribution in [1.29, 1.82) is 0 Å². The molecule has 0 spiro atoms. The van der Waals surface area contributed by atoms with E-state index >= 15 is 0 Å². The number of nitrogens with zero attached hydrogens (tertiary/aromatic N) is 2. The Balaban J connectivity index is 2.11. The predicted molar refractivity (Wildman–Crippen MR) is 63.6 cm³/mol. The van der Waals surface area contributed by atoms with Gasteiger partial charge >= 0.3 is 0 Å². The van der Waals surface area contributed by atoms with Crippen molar-refractivity contribution < 1.29 is 9.59 Å². The Labute approximate surface area is 100 Å². The number of amides is 2. The van der Waals surface area contributed by atoms with E-state index < -0.39 is 0 Å². The number of rotatable bonds is 2. The molecule has 1 N–H and O–H groups in total. The molecule has 0 radical (unpaired) electrons. The summed E-state index contributed by atoms with van der Waals surface area (Å²) in [5.74, 6) is 0.0273.